The van der Waals surface area contributed by atoms with Crippen LogP contribution in [0.25, 0.3) is 0 Å². The first kappa shape index (κ1) is 21.8. The molecule has 7 atom stereocenters. The highest BCUT2D eigenvalue weighted by atomic mass is 16.7. The fourth-order valence-electron chi connectivity index (χ4n) is 3.39. The molecule has 4 unspecified atom stereocenters. The van der Waals surface area contributed by atoms with Crippen LogP contribution >= 0.6 is 0 Å². The number of aliphatic hydroxyl groups is 5. The van der Waals surface area contributed by atoms with E-state index in [2.05, 4.69) is 5.32 Å². The number of rotatable bonds is 6. The van der Waals surface area contributed by atoms with Gasteiger partial charge in [0.1, 0.15) is 24.6 Å². The van der Waals surface area contributed by atoms with Crippen molar-refractivity contribution in [3.05, 3.63) is 23.3 Å². The van der Waals surface area contributed by atoms with Crippen molar-refractivity contribution in [1.29, 1.82) is 0 Å². The molecule has 0 spiro atoms. The molecule has 0 aromatic heterocycles. The summed E-state index contributed by atoms with van der Waals surface area (Å²) < 4.78 is 16.4. The third kappa shape index (κ3) is 4.33. The Hall–Kier alpha value is -1.93. The zero-order valence-corrected chi connectivity index (χ0v) is 15.8. The van der Waals surface area contributed by atoms with Crippen LogP contribution in [0.1, 0.15) is 13.3 Å². The zero-order valence-electron chi connectivity index (χ0n) is 15.8. The van der Waals surface area contributed by atoms with Crippen molar-refractivity contribution in [2.45, 2.75) is 50.3 Å². The molecule has 0 aliphatic carbocycles. The molecule has 164 valence electrons. The van der Waals surface area contributed by atoms with E-state index >= 15 is 0 Å². The average Bonchev–Trinajstić information content (AvgIpc) is 3.07. The number of hydrogen-bond acceptors (Lipinski definition) is 10. The SMILES string of the molecule is C[C@@H]1C(CO)O[C@@H](OCC2=CN([C@H]3CC(O)=C(CO)O3)C(=O)NC2N)C(O)C1O. The number of hydrogen-bond donors (Lipinski definition) is 7. The number of nitrogens with two attached hydrogens (primary N) is 1. The molecular formula is C17H27N3O9. The quantitative estimate of drug-likeness (QED) is 0.249. The van der Waals surface area contributed by atoms with Gasteiger partial charge in [0.2, 0.25) is 0 Å². The number of nitrogens with zero attached hydrogens (tertiary/aromatic N) is 1. The summed E-state index contributed by atoms with van der Waals surface area (Å²) in [5, 5.41) is 51.1. The van der Waals surface area contributed by atoms with Crippen molar-refractivity contribution < 1.29 is 44.5 Å². The lowest BCUT2D eigenvalue weighted by molar-refractivity contribution is -0.285. The maximum absolute atomic E-state index is 12.2. The highest BCUT2D eigenvalue weighted by molar-refractivity contribution is 5.77. The van der Waals surface area contributed by atoms with Crippen LogP contribution in [-0.2, 0) is 14.2 Å². The number of carbonyl (C=O) groups is 1. The van der Waals surface area contributed by atoms with Gasteiger partial charge in [-0.3, -0.25) is 4.90 Å². The summed E-state index contributed by atoms with van der Waals surface area (Å²) in [4.78, 5) is 13.4. The Bertz CT molecular complexity index is 683. The molecular weight excluding hydrogens is 390 g/mol. The molecule has 12 heteroatoms. The molecule has 12 nitrogen and oxygen atoms in total. The molecule has 1 fully saturated rings. The van der Waals surface area contributed by atoms with Crippen LogP contribution < -0.4 is 11.1 Å². The van der Waals surface area contributed by atoms with Crippen molar-refractivity contribution >= 4 is 6.03 Å². The third-order valence-corrected chi connectivity index (χ3v) is 5.30. The highest BCUT2D eigenvalue weighted by Gasteiger charge is 2.43. The molecule has 0 saturated carbocycles. The maximum atomic E-state index is 12.2. The number of amides is 2. The van der Waals surface area contributed by atoms with E-state index < -0.39 is 55.6 Å². The fraction of sp³-hybridized carbons (Fsp3) is 0.706. The fourth-order valence-corrected chi connectivity index (χ4v) is 3.39. The van der Waals surface area contributed by atoms with E-state index in [1.165, 1.54) is 11.1 Å². The number of ether oxygens (including phenoxy) is 3. The van der Waals surface area contributed by atoms with Gasteiger partial charge >= 0.3 is 6.03 Å². The van der Waals surface area contributed by atoms with Gasteiger partial charge in [0, 0.05) is 17.7 Å². The molecule has 2 amide bonds. The highest BCUT2D eigenvalue weighted by Crippen LogP contribution is 2.29. The summed E-state index contributed by atoms with van der Waals surface area (Å²) in [5.41, 5.74) is 6.34. The van der Waals surface area contributed by atoms with Crippen LogP contribution in [0, 0.1) is 5.92 Å². The van der Waals surface area contributed by atoms with Crippen molar-refractivity contribution in [3.8, 4) is 0 Å². The Morgan fingerprint density at radius 1 is 1.34 bits per heavy atom. The number of urea groups is 1. The van der Waals surface area contributed by atoms with Gasteiger partial charge in [-0.15, -0.1) is 0 Å². The molecule has 0 aromatic carbocycles. The van der Waals surface area contributed by atoms with Crippen LogP contribution in [-0.4, -0.2) is 93.3 Å². The van der Waals surface area contributed by atoms with Crippen molar-refractivity contribution in [2.24, 2.45) is 11.7 Å². The van der Waals surface area contributed by atoms with E-state index in [1.54, 1.807) is 6.92 Å². The van der Waals surface area contributed by atoms with Crippen molar-refractivity contribution in [1.82, 2.24) is 10.2 Å². The van der Waals surface area contributed by atoms with E-state index in [0.717, 1.165) is 0 Å². The Kier molecular flexibility index (Phi) is 6.63. The topological polar surface area (TPSA) is 187 Å². The standard InChI is InChI=1S/C17H27N3O9/c1-7-10(4-21)29-16(14(25)13(7)24)27-6-8-3-20(17(26)19-15(8)18)12-2-9(23)11(5-22)28-12/h3,7,10,12-16,21-25H,2,4-6,18H2,1H3,(H,19,26)/t7-,10?,12-,13?,14?,15?,16-/m1/s1. The molecule has 3 rings (SSSR count). The van der Waals surface area contributed by atoms with Crippen LogP contribution in [0.5, 0.6) is 0 Å². The van der Waals surface area contributed by atoms with Gasteiger partial charge in [-0.05, 0) is 0 Å². The molecule has 0 aromatic rings. The predicted octanol–water partition coefficient (Wildman–Crippen LogP) is -2.22. The molecule has 3 aliphatic heterocycles. The molecule has 29 heavy (non-hydrogen) atoms. The minimum Gasteiger partial charge on any atom is -0.508 e. The van der Waals surface area contributed by atoms with Gasteiger partial charge in [-0.1, -0.05) is 6.92 Å². The van der Waals surface area contributed by atoms with Crippen molar-refractivity contribution in [2.75, 3.05) is 19.8 Å². The second-order valence-electron chi connectivity index (χ2n) is 7.22. The Morgan fingerprint density at radius 3 is 2.69 bits per heavy atom. The van der Waals surface area contributed by atoms with Gasteiger partial charge in [0.15, 0.2) is 18.3 Å². The lowest BCUT2D eigenvalue weighted by Crippen LogP contribution is -2.57. The van der Waals surface area contributed by atoms with Gasteiger partial charge in [0.05, 0.1) is 31.8 Å². The Labute approximate surface area is 166 Å². The lowest BCUT2D eigenvalue weighted by atomic mass is 9.91. The lowest BCUT2D eigenvalue weighted by Gasteiger charge is -2.41. The first-order valence-corrected chi connectivity index (χ1v) is 9.24. The second-order valence-corrected chi connectivity index (χ2v) is 7.22. The summed E-state index contributed by atoms with van der Waals surface area (Å²) in [6, 6.07) is -0.559. The van der Waals surface area contributed by atoms with E-state index in [1.807, 2.05) is 0 Å². The average molecular weight is 417 g/mol. The first-order chi connectivity index (χ1) is 13.8. The molecule has 8 N–H and O–H groups in total. The zero-order chi connectivity index (χ0) is 21.3. The summed E-state index contributed by atoms with van der Waals surface area (Å²) in [7, 11) is 0. The summed E-state index contributed by atoms with van der Waals surface area (Å²) in [5.74, 6) is -0.648. The molecule has 3 aliphatic rings. The monoisotopic (exact) mass is 417 g/mol. The van der Waals surface area contributed by atoms with Crippen LogP contribution in [0.2, 0.25) is 0 Å². The van der Waals surface area contributed by atoms with E-state index in [9.17, 15) is 25.2 Å². The first-order valence-electron chi connectivity index (χ1n) is 9.24. The van der Waals surface area contributed by atoms with Crippen LogP contribution in [0.4, 0.5) is 4.79 Å². The summed E-state index contributed by atoms with van der Waals surface area (Å²) in [6.07, 6.45) is -4.72. The van der Waals surface area contributed by atoms with Gasteiger partial charge in [-0.25, -0.2) is 4.79 Å². The van der Waals surface area contributed by atoms with Crippen molar-refractivity contribution in [3.63, 3.8) is 0 Å². The molecule has 3 heterocycles. The third-order valence-electron chi connectivity index (χ3n) is 5.30. The molecule has 0 bridgehead atoms. The minimum absolute atomic E-state index is 0.00407. The number of nitrogens with one attached hydrogen (secondary N) is 1. The minimum atomic E-state index is -1.33. The second kappa shape index (κ2) is 8.83. The van der Waals surface area contributed by atoms with Crippen LogP contribution in [0.3, 0.4) is 0 Å². The summed E-state index contributed by atoms with van der Waals surface area (Å²) in [6.45, 7) is 0.641. The van der Waals surface area contributed by atoms with Crippen LogP contribution in [0.15, 0.2) is 23.3 Å². The molecule has 1 saturated heterocycles. The predicted molar refractivity (Wildman–Crippen MR) is 95.5 cm³/mol. The Balaban J connectivity index is 1.67. The van der Waals surface area contributed by atoms with Gasteiger partial charge < -0.3 is 50.8 Å². The summed E-state index contributed by atoms with van der Waals surface area (Å²) >= 11 is 0. The number of aliphatic hydroxyl groups excluding tert-OH is 5. The van der Waals surface area contributed by atoms with Gasteiger partial charge in [0.25, 0.3) is 0 Å². The maximum Gasteiger partial charge on any atom is 0.325 e. The van der Waals surface area contributed by atoms with Gasteiger partial charge in [-0.2, -0.15) is 0 Å². The molecule has 0 radical (unpaired) electrons. The normalized spacial score (nSPS) is 38.0. The van der Waals surface area contributed by atoms with E-state index in [-0.39, 0.29) is 31.2 Å². The number of carbonyl (C=O) groups excluding carboxylic acids is 1. The van der Waals surface area contributed by atoms with E-state index in [4.69, 9.17) is 25.1 Å². The Morgan fingerprint density at radius 2 is 2.07 bits per heavy atom. The largest absolute Gasteiger partial charge is 0.508 e. The smallest absolute Gasteiger partial charge is 0.325 e. The van der Waals surface area contributed by atoms with E-state index in [0.29, 0.717) is 5.57 Å².